The van der Waals surface area contributed by atoms with Gasteiger partial charge >= 0.3 is 0 Å². The molecule has 0 bridgehead atoms. The summed E-state index contributed by atoms with van der Waals surface area (Å²) in [5.41, 5.74) is 12.9. The molecule has 0 aromatic heterocycles. The van der Waals surface area contributed by atoms with Gasteiger partial charge in [-0.25, -0.2) is 0 Å². The fourth-order valence-corrected chi connectivity index (χ4v) is 2.38. The van der Waals surface area contributed by atoms with E-state index < -0.39 is 5.91 Å². The molecular weight excluding hydrogens is 254 g/mol. The molecule has 0 heterocycles. The van der Waals surface area contributed by atoms with Crippen LogP contribution >= 0.6 is 0 Å². The molecule has 0 atom stereocenters. The smallest absolute Gasteiger partial charge is 0.250 e. The summed E-state index contributed by atoms with van der Waals surface area (Å²) in [6.07, 6.45) is 2.05. The van der Waals surface area contributed by atoms with Gasteiger partial charge in [0.2, 0.25) is 0 Å². The first-order chi connectivity index (χ1) is 9.54. The standard InChI is InChI=1S/C15H25N3O2/c1-4-11(5-2)18(8-9-20-3)12-6-7-14(16)13(10-12)15(17)19/h6-7,10-11H,4-5,8-9,16H2,1-3H3,(H2,17,19). The third-order valence-electron chi connectivity index (χ3n) is 3.55. The first-order valence-electron chi connectivity index (χ1n) is 7.00. The first-order valence-corrected chi connectivity index (χ1v) is 7.00. The highest BCUT2D eigenvalue weighted by Gasteiger charge is 2.17. The molecule has 5 nitrogen and oxygen atoms in total. The number of nitrogen functional groups attached to an aromatic ring is 1. The van der Waals surface area contributed by atoms with Gasteiger partial charge in [0.05, 0.1) is 12.2 Å². The van der Waals surface area contributed by atoms with Gasteiger partial charge in [-0.3, -0.25) is 4.79 Å². The zero-order valence-corrected chi connectivity index (χ0v) is 12.6. The van der Waals surface area contributed by atoms with E-state index in [9.17, 15) is 4.79 Å². The summed E-state index contributed by atoms with van der Waals surface area (Å²) < 4.78 is 5.18. The Morgan fingerprint density at radius 2 is 2.00 bits per heavy atom. The van der Waals surface area contributed by atoms with E-state index >= 15 is 0 Å². The number of carbonyl (C=O) groups excluding carboxylic acids is 1. The molecule has 1 rings (SSSR count). The van der Waals surface area contributed by atoms with Crippen molar-refractivity contribution in [1.82, 2.24) is 0 Å². The molecule has 0 unspecified atom stereocenters. The van der Waals surface area contributed by atoms with Crippen LogP contribution in [0.3, 0.4) is 0 Å². The number of anilines is 2. The Labute approximate surface area is 120 Å². The lowest BCUT2D eigenvalue weighted by molar-refractivity contribution is 0.100. The normalized spacial score (nSPS) is 10.8. The third-order valence-corrected chi connectivity index (χ3v) is 3.55. The molecule has 1 amide bonds. The van der Waals surface area contributed by atoms with E-state index in [0.29, 0.717) is 23.9 Å². The number of primary amides is 1. The van der Waals surface area contributed by atoms with Crippen molar-refractivity contribution in [3.8, 4) is 0 Å². The maximum atomic E-state index is 11.4. The molecule has 0 fully saturated rings. The number of carbonyl (C=O) groups is 1. The highest BCUT2D eigenvalue weighted by Crippen LogP contribution is 2.24. The van der Waals surface area contributed by atoms with Crippen LogP contribution in [0.15, 0.2) is 18.2 Å². The lowest BCUT2D eigenvalue weighted by Gasteiger charge is -2.33. The lowest BCUT2D eigenvalue weighted by Crippen LogP contribution is -2.37. The number of hydrogen-bond acceptors (Lipinski definition) is 4. The highest BCUT2D eigenvalue weighted by atomic mass is 16.5. The van der Waals surface area contributed by atoms with Gasteiger partial charge in [0, 0.05) is 31.1 Å². The number of benzene rings is 1. The molecule has 20 heavy (non-hydrogen) atoms. The van der Waals surface area contributed by atoms with Crippen LogP contribution in [-0.4, -0.2) is 32.2 Å². The van der Waals surface area contributed by atoms with E-state index in [2.05, 4.69) is 18.7 Å². The molecule has 0 saturated heterocycles. The molecule has 0 aliphatic heterocycles. The van der Waals surface area contributed by atoms with E-state index in [1.165, 1.54) is 0 Å². The maximum Gasteiger partial charge on any atom is 0.250 e. The second kappa shape index (κ2) is 7.75. The topological polar surface area (TPSA) is 81.6 Å². The summed E-state index contributed by atoms with van der Waals surface area (Å²) in [6.45, 7) is 5.71. The van der Waals surface area contributed by atoms with E-state index in [4.69, 9.17) is 16.2 Å². The van der Waals surface area contributed by atoms with Gasteiger partial charge in [-0.15, -0.1) is 0 Å². The van der Waals surface area contributed by atoms with E-state index in [-0.39, 0.29) is 0 Å². The van der Waals surface area contributed by atoms with Crippen molar-refractivity contribution in [1.29, 1.82) is 0 Å². The molecule has 0 aliphatic carbocycles. The van der Waals surface area contributed by atoms with Crippen molar-refractivity contribution in [2.75, 3.05) is 30.9 Å². The number of amides is 1. The molecule has 1 aromatic carbocycles. The van der Waals surface area contributed by atoms with Crippen molar-refractivity contribution in [3.63, 3.8) is 0 Å². The number of hydrogen-bond donors (Lipinski definition) is 2. The zero-order valence-electron chi connectivity index (χ0n) is 12.6. The molecule has 5 heteroatoms. The number of nitrogens with two attached hydrogens (primary N) is 2. The number of methoxy groups -OCH3 is 1. The second-order valence-electron chi connectivity index (χ2n) is 4.79. The molecule has 0 radical (unpaired) electrons. The van der Waals surface area contributed by atoms with Crippen LogP contribution in [0.2, 0.25) is 0 Å². The minimum Gasteiger partial charge on any atom is -0.398 e. The monoisotopic (exact) mass is 279 g/mol. The van der Waals surface area contributed by atoms with E-state index in [1.807, 2.05) is 6.07 Å². The first kappa shape index (κ1) is 16.3. The van der Waals surface area contributed by atoms with Gasteiger partial charge in [-0.2, -0.15) is 0 Å². The molecule has 0 aliphatic rings. The zero-order chi connectivity index (χ0) is 15.1. The van der Waals surface area contributed by atoms with Crippen molar-refractivity contribution in [2.45, 2.75) is 32.7 Å². The van der Waals surface area contributed by atoms with Crippen LogP contribution in [-0.2, 0) is 4.74 Å². The molecule has 1 aromatic rings. The van der Waals surface area contributed by atoms with Crippen LogP contribution in [0.1, 0.15) is 37.0 Å². The van der Waals surface area contributed by atoms with Gasteiger partial charge in [0.25, 0.3) is 5.91 Å². The van der Waals surface area contributed by atoms with Crippen molar-refractivity contribution in [2.24, 2.45) is 5.73 Å². The van der Waals surface area contributed by atoms with Gasteiger partial charge in [-0.1, -0.05) is 13.8 Å². The number of nitrogens with zero attached hydrogens (tertiary/aromatic N) is 1. The molecule has 0 spiro atoms. The van der Waals surface area contributed by atoms with Crippen LogP contribution < -0.4 is 16.4 Å². The summed E-state index contributed by atoms with van der Waals surface area (Å²) in [6, 6.07) is 5.83. The molecule has 112 valence electrons. The number of ether oxygens (including phenoxy) is 1. The molecule has 4 N–H and O–H groups in total. The van der Waals surface area contributed by atoms with Crippen molar-refractivity contribution >= 4 is 17.3 Å². The average molecular weight is 279 g/mol. The van der Waals surface area contributed by atoms with E-state index in [0.717, 1.165) is 25.1 Å². The lowest BCUT2D eigenvalue weighted by atomic mass is 10.1. The van der Waals surface area contributed by atoms with Crippen LogP contribution in [0.5, 0.6) is 0 Å². The highest BCUT2D eigenvalue weighted by molar-refractivity contribution is 5.99. The summed E-state index contributed by atoms with van der Waals surface area (Å²) >= 11 is 0. The van der Waals surface area contributed by atoms with Gasteiger partial charge in [0.1, 0.15) is 0 Å². The third kappa shape index (κ3) is 3.87. The summed E-state index contributed by atoms with van der Waals surface area (Å²) in [7, 11) is 1.68. The Bertz CT molecular complexity index is 445. The number of rotatable bonds is 8. The summed E-state index contributed by atoms with van der Waals surface area (Å²) in [4.78, 5) is 13.7. The van der Waals surface area contributed by atoms with Gasteiger partial charge in [0.15, 0.2) is 0 Å². The fourth-order valence-electron chi connectivity index (χ4n) is 2.38. The minimum absolute atomic E-state index is 0.371. The molecule has 0 saturated carbocycles. The Morgan fingerprint density at radius 3 is 2.50 bits per heavy atom. The predicted molar refractivity (Wildman–Crippen MR) is 83.0 cm³/mol. The van der Waals surface area contributed by atoms with Crippen molar-refractivity contribution < 1.29 is 9.53 Å². The second-order valence-corrected chi connectivity index (χ2v) is 4.79. The van der Waals surface area contributed by atoms with Gasteiger partial charge in [-0.05, 0) is 31.0 Å². The molecular formula is C15H25N3O2. The minimum atomic E-state index is -0.499. The van der Waals surface area contributed by atoms with Crippen LogP contribution in [0.4, 0.5) is 11.4 Å². The Morgan fingerprint density at radius 1 is 1.35 bits per heavy atom. The summed E-state index contributed by atoms with van der Waals surface area (Å²) in [5, 5.41) is 0. The quantitative estimate of drug-likeness (QED) is 0.713. The fraction of sp³-hybridized carbons (Fsp3) is 0.533. The average Bonchev–Trinajstić information content (AvgIpc) is 2.44. The maximum absolute atomic E-state index is 11.4. The van der Waals surface area contributed by atoms with Gasteiger partial charge < -0.3 is 21.1 Å². The Kier molecular flexibility index (Phi) is 6.31. The van der Waals surface area contributed by atoms with Crippen LogP contribution in [0.25, 0.3) is 0 Å². The SMILES string of the molecule is CCC(CC)N(CCOC)c1ccc(N)c(C(N)=O)c1. The van der Waals surface area contributed by atoms with E-state index in [1.54, 1.807) is 19.2 Å². The largest absolute Gasteiger partial charge is 0.398 e. The Balaban J connectivity index is 3.12. The Hall–Kier alpha value is -1.75. The van der Waals surface area contributed by atoms with Crippen molar-refractivity contribution in [3.05, 3.63) is 23.8 Å². The van der Waals surface area contributed by atoms with Crippen LogP contribution in [0, 0.1) is 0 Å². The predicted octanol–water partition coefficient (Wildman–Crippen LogP) is 2.01. The summed E-state index contributed by atoms with van der Waals surface area (Å²) in [5.74, 6) is -0.499.